The summed E-state index contributed by atoms with van der Waals surface area (Å²) < 4.78 is 0. The molecular formula is C30H48O4. The molecule has 2 unspecified atom stereocenters. The molecule has 5 rings (SSSR count). The van der Waals surface area contributed by atoms with Gasteiger partial charge in [0.25, 0.3) is 0 Å². The van der Waals surface area contributed by atoms with Gasteiger partial charge in [-0.1, -0.05) is 59.6 Å². The zero-order chi connectivity index (χ0) is 25.1. The lowest BCUT2D eigenvalue weighted by molar-refractivity contribution is -0.233. The molecule has 3 N–H and O–H groups in total. The van der Waals surface area contributed by atoms with Crippen LogP contribution in [-0.2, 0) is 4.79 Å². The average Bonchev–Trinajstić information content (AvgIpc) is 2.72. The number of carboxylic acid groups (broad SMARTS) is 1. The summed E-state index contributed by atoms with van der Waals surface area (Å²) in [6.45, 7) is 16.3. The van der Waals surface area contributed by atoms with Crippen molar-refractivity contribution < 1.29 is 20.1 Å². The van der Waals surface area contributed by atoms with Crippen LogP contribution < -0.4 is 0 Å². The summed E-state index contributed by atoms with van der Waals surface area (Å²) in [6, 6.07) is 0. The Kier molecular flexibility index (Phi) is 5.20. The van der Waals surface area contributed by atoms with Crippen LogP contribution in [0, 0.1) is 44.3 Å². The maximum absolute atomic E-state index is 12.8. The number of aliphatic carboxylic acids is 1. The van der Waals surface area contributed by atoms with Crippen LogP contribution in [0.1, 0.15) is 113 Å². The monoisotopic (exact) mass is 472 g/mol. The molecule has 4 saturated carbocycles. The first-order valence-electron chi connectivity index (χ1n) is 13.9. The lowest BCUT2D eigenvalue weighted by atomic mass is 9.34. The molecule has 192 valence electrons. The minimum atomic E-state index is -0.670. The minimum absolute atomic E-state index is 0.0107. The maximum atomic E-state index is 12.8. The zero-order valence-electron chi connectivity index (χ0n) is 22.6. The van der Waals surface area contributed by atoms with Gasteiger partial charge < -0.3 is 15.3 Å². The van der Waals surface area contributed by atoms with Crippen molar-refractivity contribution >= 4 is 5.97 Å². The summed E-state index contributed by atoms with van der Waals surface area (Å²) in [5.74, 6) is 0.273. The second-order valence-corrected chi connectivity index (χ2v) is 15.2. The molecule has 0 heterocycles. The van der Waals surface area contributed by atoms with Gasteiger partial charge in [-0.05, 0) is 103 Å². The van der Waals surface area contributed by atoms with Crippen molar-refractivity contribution in [3.8, 4) is 0 Å². The third-order valence-corrected chi connectivity index (χ3v) is 12.9. The van der Waals surface area contributed by atoms with E-state index in [1.54, 1.807) is 0 Å². The maximum Gasteiger partial charge on any atom is 0.313 e. The van der Waals surface area contributed by atoms with E-state index in [4.69, 9.17) is 0 Å². The highest BCUT2D eigenvalue weighted by atomic mass is 16.4. The fourth-order valence-corrected chi connectivity index (χ4v) is 10.7. The van der Waals surface area contributed by atoms with E-state index in [1.165, 1.54) is 11.1 Å². The fraction of sp³-hybridized carbons (Fsp3) is 0.900. The van der Waals surface area contributed by atoms with E-state index in [0.717, 1.165) is 57.8 Å². The van der Waals surface area contributed by atoms with Crippen molar-refractivity contribution in [2.24, 2.45) is 44.3 Å². The number of hydrogen-bond donors (Lipinski definition) is 3. The molecule has 0 spiro atoms. The largest absolute Gasteiger partial charge is 0.481 e. The molecule has 4 nitrogen and oxygen atoms in total. The van der Waals surface area contributed by atoms with E-state index in [2.05, 4.69) is 48.5 Å². The Morgan fingerprint density at radius 3 is 2.12 bits per heavy atom. The molecule has 34 heavy (non-hydrogen) atoms. The van der Waals surface area contributed by atoms with Crippen LogP contribution in [0.25, 0.3) is 0 Å². The van der Waals surface area contributed by atoms with Crippen molar-refractivity contribution in [2.45, 2.75) is 125 Å². The molecule has 0 aromatic rings. The number of hydrogen-bond acceptors (Lipinski definition) is 3. The first-order chi connectivity index (χ1) is 15.6. The van der Waals surface area contributed by atoms with Crippen LogP contribution in [0.3, 0.4) is 0 Å². The molecular weight excluding hydrogens is 424 g/mol. The van der Waals surface area contributed by atoms with E-state index in [9.17, 15) is 20.1 Å². The number of carbonyl (C=O) groups is 1. The quantitative estimate of drug-likeness (QED) is 0.389. The average molecular weight is 473 g/mol. The zero-order valence-corrected chi connectivity index (χ0v) is 22.6. The van der Waals surface area contributed by atoms with Gasteiger partial charge in [0.05, 0.1) is 17.6 Å². The van der Waals surface area contributed by atoms with Crippen molar-refractivity contribution in [3.05, 3.63) is 11.1 Å². The minimum Gasteiger partial charge on any atom is -0.481 e. The van der Waals surface area contributed by atoms with Crippen molar-refractivity contribution in [1.82, 2.24) is 0 Å². The molecule has 0 aromatic heterocycles. The molecule has 4 fully saturated rings. The van der Waals surface area contributed by atoms with Gasteiger partial charge in [0.2, 0.25) is 0 Å². The van der Waals surface area contributed by atoms with Crippen molar-refractivity contribution in [2.75, 3.05) is 0 Å². The second kappa shape index (κ2) is 7.12. The van der Waals surface area contributed by atoms with Crippen LogP contribution in [0.15, 0.2) is 11.1 Å². The van der Waals surface area contributed by atoms with Gasteiger partial charge in [-0.15, -0.1) is 0 Å². The van der Waals surface area contributed by atoms with E-state index in [-0.39, 0.29) is 27.1 Å². The molecule has 0 amide bonds. The Bertz CT molecular complexity index is 932. The summed E-state index contributed by atoms with van der Waals surface area (Å²) >= 11 is 0. The Balaban J connectivity index is 1.63. The highest BCUT2D eigenvalue weighted by Gasteiger charge is 2.69. The fourth-order valence-electron chi connectivity index (χ4n) is 10.7. The van der Waals surface area contributed by atoms with E-state index >= 15 is 0 Å². The molecule has 0 aromatic carbocycles. The summed E-state index contributed by atoms with van der Waals surface area (Å²) in [6.07, 6.45) is 8.03. The van der Waals surface area contributed by atoms with Crippen LogP contribution in [0.4, 0.5) is 0 Å². The number of aliphatic hydroxyl groups is 2. The van der Waals surface area contributed by atoms with Crippen molar-refractivity contribution in [1.29, 1.82) is 0 Å². The van der Waals surface area contributed by atoms with Gasteiger partial charge >= 0.3 is 5.97 Å². The predicted molar refractivity (Wildman–Crippen MR) is 134 cm³/mol. The predicted octanol–water partition coefficient (Wildman–Crippen LogP) is 6.35. The summed E-state index contributed by atoms with van der Waals surface area (Å²) in [5.41, 5.74) is 2.07. The van der Waals surface area contributed by atoms with Crippen LogP contribution in [0.5, 0.6) is 0 Å². The van der Waals surface area contributed by atoms with Crippen molar-refractivity contribution in [3.63, 3.8) is 0 Å². The Morgan fingerprint density at radius 1 is 0.824 bits per heavy atom. The first-order valence-corrected chi connectivity index (χ1v) is 13.9. The molecule has 5 aliphatic rings. The van der Waals surface area contributed by atoms with Gasteiger partial charge in [-0.2, -0.15) is 0 Å². The number of allylic oxidation sites excluding steroid dienone is 1. The standard InChI is InChI=1S/C30H48O4/c1-25(2)12-14-30(24(33)34)15-13-28(6)18(19(30)16-25)8-9-22-27(5)17-20(31)23(32)26(3,4)21(27)10-11-29(22,28)7/h20-23,31-32H,8-17H2,1-7H3,(H,33,34)/t20-,21?,22?,23-,27-,28+,29+,30-/m0/s1. The second-order valence-electron chi connectivity index (χ2n) is 15.2. The van der Waals surface area contributed by atoms with E-state index < -0.39 is 23.6 Å². The van der Waals surface area contributed by atoms with Gasteiger partial charge in [-0.25, -0.2) is 0 Å². The molecule has 0 aliphatic heterocycles. The van der Waals surface area contributed by atoms with Gasteiger partial charge in [0.1, 0.15) is 0 Å². The summed E-state index contributed by atoms with van der Waals surface area (Å²) in [4.78, 5) is 12.8. The molecule has 0 saturated heterocycles. The third-order valence-electron chi connectivity index (χ3n) is 12.9. The number of carboxylic acids is 1. The van der Waals surface area contributed by atoms with Crippen LogP contribution in [0.2, 0.25) is 0 Å². The first kappa shape index (κ1) is 24.8. The summed E-state index contributed by atoms with van der Waals surface area (Å²) in [7, 11) is 0. The number of aliphatic hydroxyl groups excluding tert-OH is 2. The lowest BCUT2D eigenvalue weighted by Crippen LogP contribution is -2.66. The Labute approximate surface area is 206 Å². The van der Waals surface area contributed by atoms with E-state index in [0.29, 0.717) is 18.3 Å². The molecule has 0 bridgehead atoms. The SMILES string of the molecule is CC1(C)CC[C@]2(C(=O)O)CC[C@]3(C)C(=C2C1)CCC1[C@@]2(C)C[C@H](O)[C@H](O)C(C)(C)C2CC[C@]13C. The number of rotatable bonds is 1. The smallest absolute Gasteiger partial charge is 0.313 e. The highest BCUT2D eigenvalue weighted by Crippen LogP contribution is 2.75. The normalized spacial score (nSPS) is 51.6. The van der Waals surface area contributed by atoms with Crippen LogP contribution in [-0.4, -0.2) is 33.5 Å². The third kappa shape index (κ3) is 2.88. The van der Waals surface area contributed by atoms with Gasteiger partial charge in [0, 0.05) is 0 Å². The molecule has 5 aliphatic carbocycles. The number of fused-ring (bicyclic) bond motifs is 6. The Morgan fingerprint density at radius 2 is 1.47 bits per heavy atom. The van der Waals surface area contributed by atoms with Gasteiger partial charge in [0.15, 0.2) is 0 Å². The molecule has 8 atom stereocenters. The Hall–Kier alpha value is -0.870. The van der Waals surface area contributed by atoms with Gasteiger partial charge in [-0.3, -0.25) is 4.79 Å². The van der Waals surface area contributed by atoms with E-state index in [1.807, 2.05) is 0 Å². The lowest BCUT2D eigenvalue weighted by Gasteiger charge is -2.71. The van der Waals surface area contributed by atoms with Crippen LogP contribution >= 0.6 is 0 Å². The topological polar surface area (TPSA) is 77.8 Å². The summed E-state index contributed by atoms with van der Waals surface area (Å²) in [5, 5.41) is 32.4. The molecule has 4 heteroatoms. The molecule has 0 radical (unpaired) electrons. The highest BCUT2D eigenvalue weighted by molar-refractivity contribution is 5.80.